The second kappa shape index (κ2) is 8.93. The van der Waals surface area contributed by atoms with E-state index in [-0.39, 0.29) is 18.0 Å². The van der Waals surface area contributed by atoms with E-state index in [4.69, 9.17) is 0 Å². The van der Waals surface area contributed by atoms with Crippen molar-refractivity contribution < 1.29 is 19.1 Å². The van der Waals surface area contributed by atoms with Gasteiger partial charge in [-0.2, -0.15) is 5.10 Å². The second-order valence-electron chi connectivity index (χ2n) is 6.80. The molecule has 0 unspecified atom stereocenters. The van der Waals surface area contributed by atoms with Crippen LogP contribution in [-0.4, -0.2) is 28.7 Å². The highest BCUT2D eigenvalue weighted by atomic mass is 19.1. The van der Waals surface area contributed by atoms with Crippen molar-refractivity contribution in [3.8, 4) is 5.75 Å². The molecule has 0 fully saturated rings. The molecule has 2 aromatic carbocycles. The maximum Gasteiger partial charge on any atom is 0.249 e. The molecule has 0 aliphatic carbocycles. The summed E-state index contributed by atoms with van der Waals surface area (Å²) in [5, 5.41) is 15.9. The van der Waals surface area contributed by atoms with E-state index < -0.39 is 17.4 Å². The van der Waals surface area contributed by atoms with Crippen molar-refractivity contribution in [3.63, 3.8) is 0 Å². The topological polar surface area (TPSA) is 90.8 Å². The molecule has 2 aromatic rings. The lowest BCUT2D eigenvalue weighted by Crippen LogP contribution is -2.46. The van der Waals surface area contributed by atoms with Crippen LogP contribution in [0.25, 0.3) is 0 Å². The van der Waals surface area contributed by atoms with Gasteiger partial charge in [-0.05, 0) is 55.7 Å². The maximum absolute atomic E-state index is 12.8. The van der Waals surface area contributed by atoms with Crippen LogP contribution in [0.15, 0.2) is 53.6 Å². The van der Waals surface area contributed by atoms with Gasteiger partial charge < -0.3 is 10.4 Å². The molecule has 0 spiro atoms. The number of halogens is 1. The predicted octanol–water partition coefficient (Wildman–Crippen LogP) is 2.51. The van der Waals surface area contributed by atoms with Gasteiger partial charge in [0, 0.05) is 5.54 Å². The van der Waals surface area contributed by atoms with E-state index in [9.17, 15) is 19.1 Å². The fourth-order valence-corrected chi connectivity index (χ4v) is 2.50. The van der Waals surface area contributed by atoms with Gasteiger partial charge in [-0.3, -0.25) is 9.59 Å². The number of amides is 2. The molecule has 0 atom stereocenters. The highest BCUT2D eigenvalue weighted by Gasteiger charge is 2.22. The van der Waals surface area contributed by atoms with Crippen molar-refractivity contribution >= 4 is 18.0 Å². The number of hydrogen-bond donors (Lipinski definition) is 3. The van der Waals surface area contributed by atoms with Crippen molar-refractivity contribution in [2.45, 2.75) is 32.2 Å². The Morgan fingerprint density at radius 3 is 2.33 bits per heavy atom. The van der Waals surface area contributed by atoms with Gasteiger partial charge in [0.2, 0.25) is 11.8 Å². The first-order chi connectivity index (χ1) is 12.7. The van der Waals surface area contributed by atoms with Crippen LogP contribution >= 0.6 is 0 Å². The lowest BCUT2D eigenvalue weighted by Gasteiger charge is -2.26. The number of benzene rings is 2. The first-order valence-corrected chi connectivity index (χ1v) is 8.40. The van der Waals surface area contributed by atoms with Crippen LogP contribution in [0.5, 0.6) is 5.75 Å². The molecular weight excluding hydrogens is 349 g/mol. The average Bonchev–Trinajstić information content (AvgIpc) is 2.58. The van der Waals surface area contributed by atoms with E-state index in [0.29, 0.717) is 12.0 Å². The maximum atomic E-state index is 12.8. The lowest BCUT2D eigenvalue weighted by molar-refractivity contribution is -0.130. The molecular formula is C20H22FN3O3. The third-order valence-electron chi connectivity index (χ3n) is 3.65. The summed E-state index contributed by atoms with van der Waals surface area (Å²) in [6.45, 7) is 3.70. The molecule has 0 radical (unpaired) electrons. The number of phenolic OH excluding ortho intramolecular Hbond substituents is 1. The van der Waals surface area contributed by atoms with E-state index in [0.717, 1.165) is 5.56 Å². The van der Waals surface area contributed by atoms with Crippen LogP contribution in [0.1, 0.15) is 31.4 Å². The number of rotatable bonds is 7. The number of hydrogen-bond acceptors (Lipinski definition) is 4. The summed E-state index contributed by atoms with van der Waals surface area (Å²) in [5.41, 5.74) is 3.27. The van der Waals surface area contributed by atoms with Gasteiger partial charge in [0.15, 0.2) is 0 Å². The molecule has 7 heteroatoms. The fraction of sp³-hybridized carbons (Fsp3) is 0.250. The quantitative estimate of drug-likeness (QED) is 0.397. The standard InChI is InChI=1S/C20H22FN3O3/c1-20(2,12-14-5-9-17(25)10-6-14)23-18(26)11-19(27)24-22-13-15-3-7-16(21)8-4-15/h3-10,13,25H,11-12H2,1-2H3,(H,23,26)(H,24,27)/b22-13-. The van der Waals surface area contributed by atoms with E-state index in [1.807, 2.05) is 13.8 Å². The van der Waals surface area contributed by atoms with Gasteiger partial charge in [-0.15, -0.1) is 0 Å². The molecule has 142 valence electrons. The third kappa shape index (κ3) is 7.27. The SMILES string of the molecule is CC(C)(Cc1ccc(O)cc1)NC(=O)CC(=O)N/N=C\c1ccc(F)cc1. The second-order valence-corrected chi connectivity index (χ2v) is 6.80. The third-order valence-corrected chi connectivity index (χ3v) is 3.65. The number of carbonyl (C=O) groups excluding carboxylic acids is 2. The molecule has 0 bridgehead atoms. The first kappa shape index (κ1) is 20.1. The van der Waals surface area contributed by atoms with Crippen LogP contribution in [-0.2, 0) is 16.0 Å². The molecule has 0 saturated heterocycles. The number of carbonyl (C=O) groups is 2. The smallest absolute Gasteiger partial charge is 0.249 e. The number of phenols is 1. The van der Waals surface area contributed by atoms with Gasteiger partial charge in [0.1, 0.15) is 18.0 Å². The van der Waals surface area contributed by atoms with Crippen LogP contribution < -0.4 is 10.7 Å². The summed E-state index contributed by atoms with van der Waals surface area (Å²) >= 11 is 0. The monoisotopic (exact) mass is 371 g/mol. The normalized spacial score (nSPS) is 11.4. The summed E-state index contributed by atoms with van der Waals surface area (Å²) in [6.07, 6.45) is 1.55. The number of nitrogens with one attached hydrogen (secondary N) is 2. The average molecular weight is 371 g/mol. The molecule has 27 heavy (non-hydrogen) atoms. The Kier molecular flexibility index (Phi) is 6.65. The zero-order valence-electron chi connectivity index (χ0n) is 15.2. The molecule has 2 amide bonds. The largest absolute Gasteiger partial charge is 0.508 e. The fourth-order valence-electron chi connectivity index (χ4n) is 2.50. The Bertz CT molecular complexity index is 815. The van der Waals surface area contributed by atoms with Gasteiger partial charge in [0.25, 0.3) is 0 Å². The van der Waals surface area contributed by atoms with Crippen LogP contribution in [0.4, 0.5) is 4.39 Å². The minimum Gasteiger partial charge on any atom is -0.508 e. The van der Waals surface area contributed by atoms with Gasteiger partial charge >= 0.3 is 0 Å². The Labute approximate surface area is 157 Å². The predicted molar refractivity (Wildman–Crippen MR) is 101 cm³/mol. The van der Waals surface area contributed by atoms with E-state index >= 15 is 0 Å². The van der Waals surface area contributed by atoms with E-state index in [1.54, 1.807) is 24.3 Å². The molecule has 0 saturated carbocycles. The molecule has 6 nitrogen and oxygen atoms in total. The Morgan fingerprint density at radius 1 is 1.07 bits per heavy atom. The molecule has 0 aliphatic rings. The van der Waals surface area contributed by atoms with Crippen molar-refractivity contribution in [1.29, 1.82) is 0 Å². The van der Waals surface area contributed by atoms with Gasteiger partial charge in [-0.25, -0.2) is 9.82 Å². The minimum atomic E-state index is -0.564. The molecule has 0 heterocycles. The first-order valence-electron chi connectivity index (χ1n) is 8.40. The summed E-state index contributed by atoms with van der Waals surface area (Å²) in [6, 6.07) is 12.3. The molecule has 3 N–H and O–H groups in total. The molecule has 2 rings (SSSR count). The summed E-state index contributed by atoms with van der Waals surface area (Å²) in [7, 11) is 0. The van der Waals surface area contributed by atoms with Crippen LogP contribution in [0.3, 0.4) is 0 Å². The highest BCUT2D eigenvalue weighted by molar-refractivity contribution is 5.97. The molecule has 0 aromatic heterocycles. The van der Waals surface area contributed by atoms with E-state index in [1.165, 1.54) is 30.5 Å². The minimum absolute atomic E-state index is 0.179. The Hall–Kier alpha value is -3.22. The Morgan fingerprint density at radius 2 is 1.70 bits per heavy atom. The summed E-state index contributed by atoms with van der Waals surface area (Å²) < 4.78 is 12.8. The van der Waals surface area contributed by atoms with Crippen molar-refractivity contribution in [2.75, 3.05) is 0 Å². The summed E-state index contributed by atoms with van der Waals surface area (Å²) in [5.74, 6) is -1.15. The number of nitrogens with zero attached hydrogens (tertiary/aromatic N) is 1. The van der Waals surface area contributed by atoms with Crippen molar-refractivity contribution in [2.24, 2.45) is 5.10 Å². The van der Waals surface area contributed by atoms with E-state index in [2.05, 4.69) is 15.8 Å². The van der Waals surface area contributed by atoms with Gasteiger partial charge in [0.05, 0.1) is 6.21 Å². The van der Waals surface area contributed by atoms with Crippen LogP contribution in [0, 0.1) is 5.82 Å². The van der Waals surface area contributed by atoms with Crippen molar-refractivity contribution in [3.05, 3.63) is 65.5 Å². The number of aromatic hydroxyl groups is 1. The lowest BCUT2D eigenvalue weighted by atomic mass is 9.94. The van der Waals surface area contributed by atoms with Gasteiger partial charge in [-0.1, -0.05) is 24.3 Å². The Balaban J connectivity index is 1.80. The van der Waals surface area contributed by atoms with Crippen molar-refractivity contribution in [1.82, 2.24) is 10.7 Å². The molecule has 0 aliphatic heterocycles. The zero-order valence-corrected chi connectivity index (χ0v) is 15.2. The van der Waals surface area contributed by atoms with Crippen LogP contribution in [0.2, 0.25) is 0 Å². The highest BCUT2D eigenvalue weighted by Crippen LogP contribution is 2.16. The summed E-state index contributed by atoms with van der Waals surface area (Å²) in [4.78, 5) is 23.9. The number of hydrazone groups is 1. The zero-order chi connectivity index (χ0) is 19.9.